The summed E-state index contributed by atoms with van der Waals surface area (Å²) in [4.78, 5) is 24.2. The Labute approximate surface area is 135 Å². The normalized spacial score (nSPS) is 23.8. The second kappa shape index (κ2) is 6.81. The summed E-state index contributed by atoms with van der Waals surface area (Å²) in [5.41, 5.74) is 1.23. The summed E-state index contributed by atoms with van der Waals surface area (Å²) < 4.78 is 5.60. The highest BCUT2D eigenvalue weighted by atomic mass is 35.5. The molecule has 7 heteroatoms. The molecule has 2 heterocycles. The second-order valence-corrected chi connectivity index (χ2v) is 5.83. The second-order valence-electron chi connectivity index (χ2n) is 5.83. The highest BCUT2D eigenvalue weighted by molar-refractivity contribution is 6.03. The first-order valence-electron chi connectivity index (χ1n) is 7.40. The number of aliphatic hydroxyl groups is 1. The molecule has 0 spiro atoms. The Bertz CT molecular complexity index is 584. The van der Waals surface area contributed by atoms with Crippen LogP contribution in [-0.4, -0.2) is 42.5 Å². The van der Waals surface area contributed by atoms with Gasteiger partial charge in [0, 0.05) is 44.0 Å². The minimum absolute atomic E-state index is 0. The Balaban J connectivity index is 0.00000176. The van der Waals surface area contributed by atoms with Crippen LogP contribution in [0.15, 0.2) is 4.42 Å². The zero-order chi connectivity index (χ0) is 15.0. The van der Waals surface area contributed by atoms with Crippen molar-refractivity contribution in [2.24, 2.45) is 5.92 Å². The van der Waals surface area contributed by atoms with Gasteiger partial charge in [0.2, 0.25) is 0 Å². The Morgan fingerprint density at radius 2 is 2.18 bits per heavy atom. The molecule has 2 atom stereocenters. The monoisotopic (exact) mass is 328 g/mol. The maximum absolute atomic E-state index is 12.2. The number of Topliss-reactive ketones (excluding diaryl/α,β-unsaturated/α-hetero) is 1. The van der Waals surface area contributed by atoms with Crippen molar-refractivity contribution in [3.63, 3.8) is 0 Å². The van der Waals surface area contributed by atoms with Crippen LogP contribution in [0.1, 0.15) is 45.1 Å². The lowest BCUT2D eigenvalue weighted by Gasteiger charge is -2.13. The molecule has 1 aliphatic heterocycles. The van der Waals surface area contributed by atoms with E-state index in [9.17, 15) is 14.7 Å². The van der Waals surface area contributed by atoms with Crippen LogP contribution in [0.4, 0.5) is 0 Å². The molecule has 2 unspecified atom stereocenters. The number of halogens is 1. The summed E-state index contributed by atoms with van der Waals surface area (Å²) in [6.07, 6.45) is 1.58. The number of ketones is 1. The molecule has 22 heavy (non-hydrogen) atoms. The number of hydrogen-bond donors (Lipinski definition) is 3. The van der Waals surface area contributed by atoms with E-state index in [0.29, 0.717) is 49.4 Å². The zero-order valence-corrected chi connectivity index (χ0v) is 13.3. The SMILES string of the molecule is Cc1c(C(=O)NCC2CNCC2O)oc2c1C(=O)CCC2.Cl. The van der Waals surface area contributed by atoms with Crippen molar-refractivity contribution in [3.8, 4) is 0 Å². The number of aliphatic hydroxyl groups excluding tert-OH is 1. The number of carbonyl (C=O) groups excluding carboxylic acids is 2. The molecule has 1 aromatic heterocycles. The molecule has 6 nitrogen and oxygen atoms in total. The van der Waals surface area contributed by atoms with E-state index in [1.807, 2.05) is 0 Å². The standard InChI is InChI=1S/C15H20N2O4.ClH/c1-8-13-10(18)3-2-4-12(13)21-14(8)15(20)17-6-9-5-16-7-11(9)19;/h9,11,16,19H,2-7H2,1H3,(H,17,20);1H. The van der Waals surface area contributed by atoms with E-state index in [4.69, 9.17) is 4.42 Å². The Morgan fingerprint density at radius 3 is 2.82 bits per heavy atom. The van der Waals surface area contributed by atoms with Gasteiger partial charge in [-0.15, -0.1) is 12.4 Å². The first-order valence-corrected chi connectivity index (χ1v) is 7.40. The topological polar surface area (TPSA) is 91.6 Å². The van der Waals surface area contributed by atoms with Crippen LogP contribution in [0.25, 0.3) is 0 Å². The molecule has 0 bridgehead atoms. The summed E-state index contributed by atoms with van der Waals surface area (Å²) in [7, 11) is 0. The molecule has 0 aromatic carbocycles. The van der Waals surface area contributed by atoms with E-state index in [-0.39, 0.29) is 35.8 Å². The van der Waals surface area contributed by atoms with Crippen molar-refractivity contribution < 1.29 is 19.1 Å². The fourth-order valence-corrected chi connectivity index (χ4v) is 3.10. The van der Waals surface area contributed by atoms with Crippen molar-refractivity contribution in [1.29, 1.82) is 0 Å². The quantitative estimate of drug-likeness (QED) is 0.764. The number of furan rings is 1. The highest BCUT2D eigenvalue weighted by Crippen LogP contribution is 2.29. The number of nitrogens with one attached hydrogen (secondary N) is 2. The number of β-amino-alcohol motifs (C(OH)–C–C–N with tert-alkyl or cyclic N) is 1. The van der Waals surface area contributed by atoms with Gasteiger partial charge in [-0.3, -0.25) is 9.59 Å². The predicted octanol–water partition coefficient (Wildman–Crippen LogP) is 0.839. The molecule has 1 aliphatic carbocycles. The lowest BCUT2D eigenvalue weighted by atomic mass is 9.94. The molecule has 1 aromatic rings. The smallest absolute Gasteiger partial charge is 0.287 e. The van der Waals surface area contributed by atoms with Gasteiger partial charge >= 0.3 is 0 Å². The van der Waals surface area contributed by atoms with Crippen LogP contribution in [0, 0.1) is 12.8 Å². The largest absolute Gasteiger partial charge is 0.455 e. The van der Waals surface area contributed by atoms with Gasteiger partial charge in [0.25, 0.3) is 5.91 Å². The fourth-order valence-electron chi connectivity index (χ4n) is 3.10. The average molecular weight is 329 g/mol. The molecular formula is C15H21ClN2O4. The molecule has 3 rings (SSSR count). The highest BCUT2D eigenvalue weighted by Gasteiger charge is 2.30. The molecule has 1 saturated heterocycles. The van der Waals surface area contributed by atoms with Crippen molar-refractivity contribution in [1.82, 2.24) is 10.6 Å². The lowest BCUT2D eigenvalue weighted by Crippen LogP contribution is -2.34. The fraction of sp³-hybridized carbons (Fsp3) is 0.600. The minimum Gasteiger partial charge on any atom is -0.455 e. The van der Waals surface area contributed by atoms with Crippen LogP contribution < -0.4 is 10.6 Å². The van der Waals surface area contributed by atoms with Crippen molar-refractivity contribution in [2.75, 3.05) is 19.6 Å². The first kappa shape index (κ1) is 17.0. The van der Waals surface area contributed by atoms with Crippen LogP contribution in [0.5, 0.6) is 0 Å². The molecule has 1 amide bonds. The van der Waals surface area contributed by atoms with E-state index >= 15 is 0 Å². The maximum atomic E-state index is 12.2. The summed E-state index contributed by atoms with van der Waals surface area (Å²) in [6.45, 7) is 3.40. The summed E-state index contributed by atoms with van der Waals surface area (Å²) in [5.74, 6) is 0.633. The Morgan fingerprint density at radius 1 is 1.41 bits per heavy atom. The van der Waals surface area contributed by atoms with Gasteiger partial charge in [-0.1, -0.05) is 0 Å². The summed E-state index contributed by atoms with van der Waals surface area (Å²) in [6, 6.07) is 0. The molecule has 1 fully saturated rings. The average Bonchev–Trinajstić information content (AvgIpc) is 3.01. The van der Waals surface area contributed by atoms with E-state index in [1.54, 1.807) is 6.92 Å². The minimum atomic E-state index is -0.433. The lowest BCUT2D eigenvalue weighted by molar-refractivity contribution is 0.0894. The Hall–Kier alpha value is -1.37. The first-order chi connectivity index (χ1) is 10.1. The van der Waals surface area contributed by atoms with Gasteiger partial charge in [0.05, 0.1) is 11.7 Å². The van der Waals surface area contributed by atoms with Gasteiger partial charge < -0.3 is 20.2 Å². The summed E-state index contributed by atoms with van der Waals surface area (Å²) >= 11 is 0. The molecule has 2 aliphatic rings. The van der Waals surface area contributed by atoms with Crippen molar-refractivity contribution in [3.05, 3.63) is 22.6 Å². The number of aryl methyl sites for hydroxylation is 1. The molecule has 122 valence electrons. The number of hydrogen-bond acceptors (Lipinski definition) is 5. The van der Waals surface area contributed by atoms with Crippen molar-refractivity contribution >= 4 is 24.1 Å². The predicted molar refractivity (Wildman–Crippen MR) is 82.7 cm³/mol. The van der Waals surface area contributed by atoms with E-state index in [0.717, 1.165) is 6.42 Å². The zero-order valence-electron chi connectivity index (χ0n) is 12.5. The number of fused-ring (bicyclic) bond motifs is 1. The van der Waals surface area contributed by atoms with Crippen LogP contribution in [-0.2, 0) is 6.42 Å². The van der Waals surface area contributed by atoms with E-state index in [2.05, 4.69) is 10.6 Å². The number of carbonyl (C=O) groups is 2. The van der Waals surface area contributed by atoms with E-state index in [1.165, 1.54) is 0 Å². The van der Waals surface area contributed by atoms with Crippen LogP contribution >= 0.6 is 12.4 Å². The van der Waals surface area contributed by atoms with Gasteiger partial charge in [0.1, 0.15) is 5.76 Å². The number of rotatable bonds is 3. The molecule has 3 N–H and O–H groups in total. The number of amides is 1. The van der Waals surface area contributed by atoms with Crippen molar-refractivity contribution in [2.45, 2.75) is 32.3 Å². The van der Waals surface area contributed by atoms with E-state index < -0.39 is 6.10 Å². The third-order valence-electron chi connectivity index (χ3n) is 4.34. The van der Waals surface area contributed by atoms with Gasteiger partial charge in [-0.2, -0.15) is 0 Å². The van der Waals surface area contributed by atoms with Crippen LogP contribution in [0.2, 0.25) is 0 Å². The van der Waals surface area contributed by atoms with Gasteiger partial charge in [-0.05, 0) is 13.3 Å². The third-order valence-corrected chi connectivity index (χ3v) is 4.34. The molecular weight excluding hydrogens is 308 g/mol. The Kier molecular flexibility index (Phi) is 5.26. The van der Waals surface area contributed by atoms with Gasteiger partial charge in [0.15, 0.2) is 11.5 Å². The summed E-state index contributed by atoms with van der Waals surface area (Å²) in [5, 5.41) is 15.6. The van der Waals surface area contributed by atoms with Gasteiger partial charge in [-0.25, -0.2) is 0 Å². The van der Waals surface area contributed by atoms with Crippen LogP contribution in [0.3, 0.4) is 0 Å². The third kappa shape index (κ3) is 3.04. The molecule has 0 radical (unpaired) electrons. The maximum Gasteiger partial charge on any atom is 0.287 e. The molecule has 0 saturated carbocycles.